The molecule has 0 spiro atoms. The molecule has 3 nitrogen and oxygen atoms in total. The molecule has 3 N–H and O–H groups in total. The van der Waals surface area contributed by atoms with Crippen LogP contribution >= 0.6 is 0 Å². The molecule has 0 aliphatic heterocycles. The van der Waals surface area contributed by atoms with Crippen LogP contribution in [0, 0.1) is 0 Å². The highest BCUT2D eigenvalue weighted by molar-refractivity contribution is 5.68. The van der Waals surface area contributed by atoms with Gasteiger partial charge in [-0.3, -0.25) is 4.99 Å². The summed E-state index contributed by atoms with van der Waals surface area (Å²) in [6.45, 7) is 6.98. The number of benzene rings is 1. The maximum atomic E-state index is 12.5. The van der Waals surface area contributed by atoms with E-state index < -0.39 is 0 Å². The fraction of sp³-hybridized carbons (Fsp3) is 0.471. The van der Waals surface area contributed by atoms with E-state index in [1.165, 1.54) is 12.8 Å². The van der Waals surface area contributed by atoms with Crippen LogP contribution in [0.3, 0.4) is 0 Å². The van der Waals surface area contributed by atoms with Gasteiger partial charge in [-0.05, 0) is 49.2 Å². The molecule has 21 heavy (non-hydrogen) atoms. The Bertz CT molecular complexity index is 469. The number of halogens is 1. The van der Waals surface area contributed by atoms with Crippen LogP contribution < -0.4 is 11.1 Å². The number of hydrogen-bond acceptors (Lipinski definition) is 3. The molecule has 0 saturated carbocycles. The molecule has 0 bridgehead atoms. The highest BCUT2D eigenvalue weighted by Gasteiger charge is 2.04. The fourth-order valence-electron chi connectivity index (χ4n) is 2.12. The van der Waals surface area contributed by atoms with E-state index in [0.717, 1.165) is 36.3 Å². The van der Waals surface area contributed by atoms with Crippen LogP contribution in [-0.4, -0.2) is 19.8 Å². The van der Waals surface area contributed by atoms with Crippen molar-refractivity contribution in [3.63, 3.8) is 0 Å². The quantitative estimate of drug-likeness (QED) is 0.497. The largest absolute Gasteiger partial charge is 0.383 e. The second-order valence-electron chi connectivity index (χ2n) is 5.11. The van der Waals surface area contributed by atoms with Crippen LogP contribution in [0.1, 0.15) is 38.2 Å². The van der Waals surface area contributed by atoms with Crippen molar-refractivity contribution in [2.24, 2.45) is 10.7 Å². The normalized spacial score (nSPS) is 11.5. The lowest BCUT2D eigenvalue weighted by Crippen LogP contribution is -2.04. The Labute approximate surface area is 127 Å². The molecule has 0 aliphatic rings. The molecule has 0 amide bonds. The van der Waals surface area contributed by atoms with Gasteiger partial charge in [0.05, 0.1) is 17.7 Å². The highest BCUT2D eigenvalue weighted by atomic mass is 19.1. The Kier molecular flexibility index (Phi) is 8.36. The van der Waals surface area contributed by atoms with Gasteiger partial charge in [-0.25, -0.2) is 4.39 Å². The number of nitrogens with zero attached hydrogens (tertiary/aromatic N) is 1. The highest BCUT2D eigenvalue weighted by Crippen LogP contribution is 2.26. The van der Waals surface area contributed by atoms with Crippen molar-refractivity contribution in [3.8, 4) is 0 Å². The molecule has 0 fully saturated rings. The number of aryl methyl sites for hydroxylation is 1. The number of nitrogens with one attached hydrogen (secondary N) is 1. The Balaban J connectivity index is 2.67. The number of hydrogen-bond donors (Lipinski definition) is 2. The van der Waals surface area contributed by atoms with E-state index >= 15 is 0 Å². The first kappa shape index (κ1) is 17.4. The average Bonchev–Trinajstić information content (AvgIpc) is 2.52. The lowest BCUT2D eigenvalue weighted by molar-refractivity contribution is 0.692. The van der Waals surface area contributed by atoms with Crippen molar-refractivity contribution >= 4 is 18.1 Å². The Morgan fingerprint density at radius 2 is 2.24 bits per heavy atom. The predicted molar refractivity (Wildman–Crippen MR) is 90.2 cm³/mol. The van der Waals surface area contributed by atoms with Crippen molar-refractivity contribution in [1.29, 1.82) is 0 Å². The van der Waals surface area contributed by atoms with Crippen molar-refractivity contribution in [2.45, 2.75) is 39.0 Å². The van der Waals surface area contributed by atoms with Crippen molar-refractivity contribution in [1.82, 2.24) is 0 Å². The summed E-state index contributed by atoms with van der Waals surface area (Å²) < 4.78 is 12.5. The zero-order chi connectivity index (χ0) is 15.5. The number of aliphatic imine (C=N–C) groups is 1. The molecule has 1 aromatic rings. The van der Waals surface area contributed by atoms with Gasteiger partial charge in [-0.1, -0.05) is 25.8 Å². The summed E-state index contributed by atoms with van der Waals surface area (Å²) in [5.41, 5.74) is 9.11. The third-order valence-corrected chi connectivity index (χ3v) is 3.48. The van der Waals surface area contributed by atoms with Gasteiger partial charge in [0.1, 0.15) is 0 Å². The third kappa shape index (κ3) is 6.08. The zero-order valence-corrected chi connectivity index (χ0v) is 12.9. The van der Waals surface area contributed by atoms with Gasteiger partial charge < -0.3 is 11.1 Å². The van der Waals surface area contributed by atoms with Gasteiger partial charge in [0.2, 0.25) is 0 Å². The van der Waals surface area contributed by atoms with Crippen LogP contribution in [0.25, 0.3) is 0 Å². The van der Waals surface area contributed by atoms with E-state index in [9.17, 15) is 4.39 Å². The van der Waals surface area contributed by atoms with Crippen molar-refractivity contribution < 1.29 is 4.39 Å². The first-order chi connectivity index (χ1) is 10.2. The standard InChI is InChI=1S/C17H26FN3/c1-3-4-5-10-21-17-11-14(8-9-16(17)20-2)6-7-15(12-18)13-19/h8-9,11-12,21H,2-7,10,13,19H2,1H3/b15-12-. The molecule has 0 aromatic heterocycles. The van der Waals surface area contributed by atoms with E-state index in [2.05, 4.69) is 30.0 Å². The minimum Gasteiger partial charge on any atom is -0.383 e. The lowest BCUT2D eigenvalue weighted by atomic mass is 10.0. The average molecular weight is 291 g/mol. The van der Waals surface area contributed by atoms with Crippen molar-refractivity contribution in [2.75, 3.05) is 18.4 Å². The molecular formula is C17H26FN3. The number of anilines is 1. The Hall–Kier alpha value is -1.68. The Morgan fingerprint density at radius 1 is 1.43 bits per heavy atom. The van der Waals surface area contributed by atoms with Gasteiger partial charge in [-0.2, -0.15) is 0 Å². The van der Waals surface area contributed by atoms with E-state index in [1.54, 1.807) is 0 Å². The number of nitrogens with two attached hydrogens (primary N) is 1. The summed E-state index contributed by atoms with van der Waals surface area (Å²) >= 11 is 0. The SMILES string of the molecule is C=Nc1ccc(CC/C(=C/F)CN)cc1NCCCCC. The van der Waals surface area contributed by atoms with Gasteiger partial charge in [-0.15, -0.1) is 0 Å². The van der Waals surface area contributed by atoms with Gasteiger partial charge in [0, 0.05) is 13.1 Å². The van der Waals surface area contributed by atoms with E-state index in [4.69, 9.17) is 5.73 Å². The monoisotopic (exact) mass is 291 g/mol. The molecule has 0 radical (unpaired) electrons. The molecule has 1 aromatic carbocycles. The summed E-state index contributed by atoms with van der Waals surface area (Å²) in [6.07, 6.45) is 5.58. The molecule has 116 valence electrons. The molecule has 0 unspecified atom stereocenters. The van der Waals surface area contributed by atoms with Crippen molar-refractivity contribution in [3.05, 3.63) is 35.7 Å². The minimum atomic E-state index is 0.269. The molecule has 0 atom stereocenters. The van der Waals surface area contributed by atoms with E-state index in [-0.39, 0.29) is 6.54 Å². The first-order valence-electron chi connectivity index (χ1n) is 7.56. The zero-order valence-electron chi connectivity index (χ0n) is 12.9. The fourth-order valence-corrected chi connectivity index (χ4v) is 2.12. The molecule has 0 heterocycles. The Morgan fingerprint density at radius 3 is 2.86 bits per heavy atom. The predicted octanol–water partition coefficient (Wildman–Crippen LogP) is 4.37. The number of rotatable bonds is 10. The topological polar surface area (TPSA) is 50.4 Å². The molecular weight excluding hydrogens is 265 g/mol. The molecule has 4 heteroatoms. The van der Waals surface area contributed by atoms with E-state index in [1.807, 2.05) is 12.1 Å². The van der Waals surface area contributed by atoms with Crippen LogP contribution in [0.5, 0.6) is 0 Å². The smallest absolute Gasteiger partial charge is 0.0871 e. The molecule has 0 aliphatic carbocycles. The minimum absolute atomic E-state index is 0.269. The van der Waals surface area contributed by atoms with Crippen LogP contribution in [0.4, 0.5) is 15.8 Å². The maximum absolute atomic E-state index is 12.5. The first-order valence-corrected chi connectivity index (χ1v) is 7.56. The van der Waals surface area contributed by atoms with E-state index in [0.29, 0.717) is 18.3 Å². The van der Waals surface area contributed by atoms with Crippen LogP contribution in [-0.2, 0) is 6.42 Å². The van der Waals surface area contributed by atoms with Crippen LogP contribution in [0.2, 0.25) is 0 Å². The maximum Gasteiger partial charge on any atom is 0.0871 e. The van der Waals surface area contributed by atoms with Crippen LogP contribution in [0.15, 0.2) is 35.1 Å². The molecule has 0 saturated heterocycles. The van der Waals surface area contributed by atoms with Gasteiger partial charge >= 0.3 is 0 Å². The second kappa shape index (κ2) is 10.1. The summed E-state index contributed by atoms with van der Waals surface area (Å²) in [5.74, 6) is 0. The lowest BCUT2D eigenvalue weighted by Gasteiger charge is -2.11. The second-order valence-corrected chi connectivity index (χ2v) is 5.11. The van der Waals surface area contributed by atoms with Gasteiger partial charge in [0.15, 0.2) is 0 Å². The molecule has 1 rings (SSSR count). The summed E-state index contributed by atoms with van der Waals surface area (Å²) in [6, 6.07) is 6.03. The summed E-state index contributed by atoms with van der Waals surface area (Å²) in [4.78, 5) is 4.03. The third-order valence-electron chi connectivity index (χ3n) is 3.48. The summed E-state index contributed by atoms with van der Waals surface area (Å²) in [7, 11) is 0. The number of unbranched alkanes of at least 4 members (excludes halogenated alkanes) is 2. The summed E-state index contributed by atoms with van der Waals surface area (Å²) in [5, 5.41) is 3.41. The van der Waals surface area contributed by atoms with Gasteiger partial charge in [0.25, 0.3) is 0 Å².